The number of carbonyl (C=O) groups excluding carboxylic acids is 2. The van der Waals surface area contributed by atoms with Crippen molar-refractivity contribution in [2.45, 2.75) is 114 Å². The Bertz CT molecular complexity index is 1120. The van der Waals surface area contributed by atoms with Crippen LogP contribution < -0.4 is 0 Å². The average Bonchev–Trinajstić information content (AvgIpc) is 3.53. The number of Topliss-reactive ketones (excluding diaryl/α,β-unsaturated/α-hetero) is 1. The second-order valence-corrected chi connectivity index (χ2v) is 13.9. The minimum atomic E-state index is -1.42. The first-order chi connectivity index (χ1) is 18.9. The molecule has 2 saturated heterocycles. The predicted octanol–water partition coefficient (Wildman–Crippen LogP) is 1.28. The molecule has 7 aliphatic rings. The Morgan fingerprint density at radius 1 is 1.05 bits per heavy atom. The van der Waals surface area contributed by atoms with Crippen molar-refractivity contribution < 1.29 is 48.6 Å². The van der Waals surface area contributed by atoms with Crippen molar-refractivity contribution in [1.82, 2.24) is 0 Å². The highest BCUT2D eigenvalue weighted by Crippen LogP contribution is 2.72. The summed E-state index contributed by atoms with van der Waals surface area (Å²) in [5.41, 5.74) is -2.34. The largest absolute Gasteiger partial charge is 0.458 e. The van der Waals surface area contributed by atoms with Gasteiger partial charge >= 0.3 is 5.97 Å². The Morgan fingerprint density at radius 3 is 2.52 bits per heavy atom. The van der Waals surface area contributed by atoms with Crippen molar-refractivity contribution in [3.63, 3.8) is 0 Å². The molecule has 0 bridgehead atoms. The van der Waals surface area contributed by atoms with Gasteiger partial charge in [0.15, 0.2) is 12.1 Å². The average molecular weight is 563 g/mol. The van der Waals surface area contributed by atoms with E-state index in [1.807, 2.05) is 6.92 Å². The van der Waals surface area contributed by atoms with Crippen LogP contribution in [0, 0.1) is 34.5 Å². The van der Waals surface area contributed by atoms with Gasteiger partial charge in [-0.05, 0) is 62.9 Å². The summed E-state index contributed by atoms with van der Waals surface area (Å²) in [4.78, 5) is 26.0. The van der Waals surface area contributed by atoms with Gasteiger partial charge in [-0.25, -0.2) is 4.79 Å². The van der Waals surface area contributed by atoms with E-state index in [-0.39, 0.29) is 48.0 Å². The van der Waals surface area contributed by atoms with Gasteiger partial charge in [0.05, 0.1) is 35.9 Å². The van der Waals surface area contributed by atoms with Gasteiger partial charge in [-0.1, -0.05) is 6.92 Å². The quantitative estimate of drug-likeness (QED) is 0.339. The van der Waals surface area contributed by atoms with Gasteiger partial charge in [0, 0.05) is 37.4 Å². The zero-order valence-corrected chi connectivity index (χ0v) is 23.7. The molecule has 0 aromatic carbocycles. The fourth-order valence-corrected chi connectivity index (χ4v) is 10.3. The second-order valence-electron chi connectivity index (χ2n) is 13.9. The molecule has 3 aliphatic heterocycles. The van der Waals surface area contributed by atoms with Crippen molar-refractivity contribution in [3.05, 3.63) is 11.6 Å². The third-order valence-electron chi connectivity index (χ3n) is 12.4. The molecule has 0 spiro atoms. The molecule has 0 amide bonds. The molecular formula is C30H42O10. The van der Waals surface area contributed by atoms with Crippen LogP contribution in [-0.2, 0) is 33.3 Å². The summed E-state index contributed by atoms with van der Waals surface area (Å²) in [6, 6.07) is 0. The summed E-state index contributed by atoms with van der Waals surface area (Å²) in [5, 5.41) is 34.6. The summed E-state index contributed by atoms with van der Waals surface area (Å²) in [6.07, 6.45) is 1.23. The monoisotopic (exact) mass is 562 g/mol. The van der Waals surface area contributed by atoms with E-state index < -0.39 is 59.5 Å². The molecule has 10 nitrogen and oxygen atoms in total. The molecule has 10 heteroatoms. The molecule has 15 atom stereocenters. The molecule has 6 fully saturated rings. The molecule has 7 rings (SSSR count). The Hall–Kier alpha value is -1.40. The molecule has 0 radical (unpaired) electrons. The number of carbonyl (C=O) groups is 2. The fraction of sp³-hybridized carbons (Fsp3) is 0.867. The lowest BCUT2D eigenvalue weighted by atomic mass is 9.42. The standard InChI is InChI=1S/C30H42O10/c1-13-25(32)19(36-4)11-22(38-13)39-16-5-6-28(2)15(8-16)9-18-23-24(28)26(33)27(34)29(3)17(14-7-21(31)37-12-14)10-20(40-18)30(23,29)35/h7,13,15-20,22-26,32-33,35H,5-6,8-12H2,1-4H3/t13-,15+,16-,17-,18+,19-,20-,22+,23-,24-,25-,26+,28-,29-,30-/m0/s1. The van der Waals surface area contributed by atoms with Crippen molar-refractivity contribution >= 4 is 11.8 Å². The number of ether oxygens (including phenoxy) is 5. The first-order valence-electron chi connectivity index (χ1n) is 14.9. The zero-order valence-electron chi connectivity index (χ0n) is 23.7. The lowest BCUT2D eigenvalue weighted by Gasteiger charge is -2.63. The lowest BCUT2D eigenvalue weighted by molar-refractivity contribution is -0.274. The van der Waals surface area contributed by atoms with Gasteiger partial charge in [0.1, 0.15) is 24.4 Å². The molecule has 3 N–H and O–H groups in total. The van der Waals surface area contributed by atoms with Gasteiger partial charge in [-0.2, -0.15) is 0 Å². The lowest BCUT2D eigenvalue weighted by Crippen LogP contribution is -2.72. The molecule has 0 aromatic heterocycles. The molecular weight excluding hydrogens is 520 g/mol. The number of ketones is 1. The fourth-order valence-electron chi connectivity index (χ4n) is 10.3. The Balaban J connectivity index is 1.15. The maximum absolute atomic E-state index is 14.2. The van der Waals surface area contributed by atoms with Crippen LogP contribution in [0.4, 0.5) is 0 Å². The van der Waals surface area contributed by atoms with E-state index >= 15 is 0 Å². The molecule has 4 aliphatic carbocycles. The number of rotatable bonds is 4. The number of aliphatic hydroxyl groups excluding tert-OH is 2. The maximum Gasteiger partial charge on any atom is 0.331 e. The van der Waals surface area contributed by atoms with Crippen LogP contribution >= 0.6 is 0 Å². The van der Waals surface area contributed by atoms with Crippen molar-refractivity contribution in [2.75, 3.05) is 13.7 Å². The third kappa shape index (κ3) is 3.41. The van der Waals surface area contributed by atoms with E-state index in [1.54, 1.807) is 14.0 Å². The number of fused-ring (bicyclic) bond motifs is 2. The second kappa shape index (κ2) is 9.05. The van der Waals surface area contributed by atoms with Gasteiger partial charge < -0.3 is 39.0 Å². The van der Waals surface area contributed by atoms with Crippen molar-refractivity contribution in [2.24, 2.45) is 34.5 Å². The van der Waals surface area contributed by atoms with E-state index in [9.17, 15) is 24.9 Å². The van der Waals surface area contributed by atoms with Crippen LogP contribution in [0.15, 0.2) is 11.6 Å². The van der Waals surface area contributed by atoms with Gasteiger partial charge in [-0.15, -0.1) is 0 Å². The Labute approximate surface area is 234 Å². The normalized spacial score (nSPS) is 56.9. The first-order valence-corrected chi connectivity index (χ1v) is 14.9. The Morgan fingerprint density at radius 2 is 1.82 bits per heavy atom. The highest BCUT2D eigenvalue weighted by molar-refractivity contribution is 5.94. The minimum absolute atomic E-state index is 0.0681. The summed E-state index contributed by atoms with van der Waals surface area (Å²) in [7, 11) is 1.58. The minimum Gasteiger partial charge on any atom is -0.458 e. The van der Waals surface area contributed by atoms with Gasteiger partial charge in [-0.3, -0.25) is 4.79 Å². The predicted molar refractivity (Wildman–Crippen MR) is 138 cm³/mol. The van der Waals surface area contributed by atoms with Crippen molar-refractivity contribution in [3.8, 4) is 0 Å². The van der Waals surface area contributed by atoms with Gasteiger partial charge in [0.2, 0.25) is 0 Å². The number of esters is 1. The SMILES string of the molecule is CO[C@H]1C[C@@H](O[C@H]2CC[C@@]3(C)[C@H](C2)C[C@H]2O[C@H]4C[C@@H](C5=CC(=O)OC5)[C@@]5(C)C(=O)[C@H](O)[C@@H]3[C@H]2[C@@]45O)O[C@@H](C)[C@@H]1O. The maximum atomic E-state index is 14.2. The van der Waals surface area contributed by atoms with E-state index in [2.05, 4.69) is 6.92 Å². The van der Waals surface area contributed by atoms with E-state index in [4.69, 9.17) is 23.7 Å². The summed E-state index contributed by atoms with van der Waals surface area (Å²) in [6.45, 7) is 5.86. The molecule has 3 heterocycles. The number of aliphatic hydroxyl groups is 3. The van der Waals surface area contributed by atoms with Gasteiger partial charge in [0.25, 0.3) is 0 Å². The molecule has 4 saturated carbocycles. The number of hydrogen-bond donors (Lipinski definition) is 3. The van der Waals surface area contributed by atoms with Crippen LogP contribution in [0.25, 0.3) is 0 Å². The van der Waals surface area contributed by atoms with Crippen LogP contribution in [-0.4, -0.2) is 95.4 Å². The summed E-state index contributed by atoms with van der Waals surface area (Å²) in [5.74, 6) is -1.86. The first kappa shape index (κ1) is 27.4. The number of hydrogen-bond acceptors (Lipinski definition) is 10. The molecule has 0 unspecified atom stereocenters. The molecule has 40 heavy (non-hydrogen) atoms. The number of cyclic esters (lactones) is 1. The highest BCUT2D eigenvalue weighted by atomic mass is 16.7. The summed E-state index contributed by atoms with van der Waals surface area (Å²) >= 11 is 0. The Kier molecular flexibility index (Phi) is 6.21. The van der Waals surface area contributed by atoms with E-state index in [0.29, 0.717) is 18.4 Å². The third-order valence-corrected chi connectivity index (χ3v) is 12.4. The zero-order chi connectivity index (χ0) is 28.4. The molecule has 0 aromatic rings. The summed E-state index contributed by atoms with van der Waals surface area (Å²) < 4.78 is 29.6. The van der Waals surface area contributed by atoms with Crippen LogP contribution in [0.1, 0.15) is 59.3 Å². The van der Waals surface area contributed by atoms with Crippen LogP contribution in [0.3, 0.4) is 0 Å². The number of methoxy groups -OCH3 is 1. The van der Waals surface area contributed by atoms with Crippen molar-refractivity contribution in [1.29, 1.82) is 0 Å². The smallest absolute Gasteiger partial charge is 0.331 e. The van der Waals surface area contributed by atoms with E-state index in [0.717, 1.165) is 25.7 Å². The van der Waals surface area contributed by atoms with Crippen LogP contribution in [0.2, 0.25) is 0 Å². The molecule has 222 valence electrons. The topological polar surface area (TPSA) is 141 Å². The highest BCUT2D eigenvalue weighted by Gasteiger charge is 2.81. The van der Waals surface area contributed by atoms with Crippen LogP contribution in [0.5, 0.6) is 0 Å². The van der Waals surface area contributed by atoms with E-state index in [1.165, 1.54) is 6.08 Å².